The predicted molar refractivity (Wildman–Crippen MR) is 502 cm³/mol. The Balaban J connectivity index is 0.857. The van der Waals surface area contributed by atoms with Gasteiger partial charge in [0.15, 0.2) is 0 Å². The Morgan fingerprint density at radius 3 is 0.583 bits per heavy atom. The SMILES string of the molecule is CC(C)(C)c1ccc(C(c2ccc(OCC34C#CC#C[C@@](COc5ccc(C(c6ccc(C(C)(C)C)cc6)(c6ccc(C(C)(C)C)cc6)c6ccc(C(C)(C)C)cc6)cc5)(c5ccc(cc5)-c5ccc(cc5)-c5ccc3cc5)c3ccc(cc3)-c3cccc(n3)-c3ccc4cc3)cc2)(c2ccc(C(C)(C)C)cc2)c2ccc(C(C)(C)C)cc2)cc1. The minimum Gasteiger partial charge on any atom is -0.491 e. The monoisotopic (exact) mass is 1560 g/mol. The number of pyridine rings is 1. The number of benzene rings is 13. The molecule has 9 aliphatic rings. The summed E-state index contributed by atoms with van der Waals surface area (Å²) >= 11 is 0. The number of ether oxygens (including phenoxy) is 2. The zero-order valence-electron chi connectivity index (χ0n) is 73.4. The van der Waals surface area contributed by atoms with Crippen molar-refractivity contribution in [2.45, 2.75) is 179 Å². The Labute approximate surface area is 715 Å². The lowest BCUT2D eigenvalue weighted by Crippen LogP contribution is -2.34. The van der Waals surface area contributed by atoms with Gasteiger partial charge in [-0.15, -0.1) is 0 Å². The van der Waals surface area contributed by atoms with Crippen molar-refractivity contribution >= 4 is 0 Å². The van der Waals surface area contributed by atoms with Crippen molar-refractivity contribution < 1.29 is 9.47 Å². The molecule has 0 spiro atoms. The number of hydrogen-bond acceptors (Lipinski definition) is 3. The first-order valence-electron chi connectivity index (χ1n) is 42.8. The first kappa shape index (κ1) is 81.5. The number of hydrogen-bond donors (Lipinski definition) is 0. The minimum atomic E-state index is -1.10. The second-order valence-electron chi connectivity index (χ2n) is 39.7. The molecular formula is C117H113NO2. The Kier molecular flexibility index (Phi) is 21.1. The Bertz CT molecular complexity index is 5470. The standard InChI is InChI=1S/C117H113NO2/c1-108(2,3)86-44-56-96(57-45-86)116(97-58-46-87(47-59-97)109(4,5)6,98-60-48-88(49-61-98)110(7,8)9)102-68-72-104(73-69-102)119-78-114-76-19-20-77-115(93-38-30-83(31-39-93)81-26-24-80(25-27-81)82-28-36-92(114)37-29-82,95-42-34-85(35-43-95)107-23-21-22-106(118-107)84-32-40-94(114)41-33-84)79-120-105-74-70-103(71-75-105)117(99-62-50-89(51-63-99)111(10,11)12,100-64-52-90(53-65-100)112(13,14)15)101-66-54-91(55-67-101)113(16,17)18/h21-75H,78-79H2,1-18H3/t114-,115?/m1/s1. The molecule has 120 heavy (non-hydrogen) atoms. The third-order valence-electron chi connectivity index (χ3n) is 25.6. The van der Waals surface area contributed by atoms with Gasteiger partial charge >= 0.3 is 0 Å². The minimum absolute atomic E-state index is 0.0401. The summed E-state index contributed by atoms with van der Waals surface area (Å²) in [6, 6.07) is 125. The van der Waals surface area contributed by atoms with Gasteiger partial charge in [-0.1, -0.05) is 434 Å². The first-order valence-corrected chi connectivity index (χ1v) is 42.8. The van der Waals surface area contributed by atoms with Crippen molar-refractivity contribution in [1.82, 2.24) is 4.98 Å². The summed E-state index contributed by atoms with van der Waals surface area (Å²) in [6.07, 6.45) is 0. The molecule has 0 saturated heterocycles. The topological polar surface area (TPSA) is 31.4 Å². The van der Waals surface area contributed by atoms with Crippen molar-refractivity contribution in [2.75, 3.05) is 13.2 Å². The van der Waals surface area contributed by atoms with Crippen LogP contribution in [0.15, 0.2) is 334 Å². The van der Waals surface area contributed by atoms with Crippen molar-refractivity contribution in [1.29, 1.82) is 0 Å². The van der Waals surface area contributed by atoms with E-state index in [1.54, 1.807) is 0 Å². The molecule has 13 aromatic carbocycles. The smallest absolute Gasteiger partial charge is 0.119 e. The lowest BCUT2D eigenvalue weighted by atomic mass is 9.64. The molecule has 4 aliphatic heterocycles. The van der Waals surface area contributed by atoms with E-state index in [1.165, 1.54) is 66.8 Å². The van der Waals surface area contributed by atoms with Gasteiger partial charge in [0.1, 0.15) is 35.5 Å². The van der Waals surface area contributed by atoms with Crippen molar-refractivity contribution in [3.63, 3.8) is 0 Å². The Morgan fingerprint density at radius 2 is 0.383 bits per heavy atom. The van der Waals surface area contributed by atoms with Crippen LogP contribution in [0, 0.1) is 23.7 Å². The highest BCUT2D eigenvalue weighted by atomic mass is 16.5. The molecule has 3 heteroatoms. The summed E-state index contributed by atoms with van der Waals surface area (Å²) in [4.78, 5) is 5.40. The van der Waals surface area contributed by atoms with E-state index in [0.717, 1.165) is 78.1 Å². The number of fused-ring (bicyclic) bond motifs is 1. The fourth-order valence-corrected chi connectivity index (χ4v) is 18.0. The summed E-state index contributed by atoms with van der Waals surface area (Å²) < 4.78 is 14.9. The van der Waals surface area contributed by atoms with Crippen molar-refractivity contribution in [3.8, 4) is 79.9 Å². The second-order valence-corrected chi connectivity index (χ2v) is 39.7. The molecule has 0 radical (unpaired) electrons. The largest absolute Gasteiger partial charge is 0.491 e. The fourth-order valence-electron chi connectivity index (χ4n) is 18.0. The van der Waals surface area contributed by atoms with E-state index in [4.69, 9.17) is 14.5 Å². The number of rotatable bonds is 14. The average molecular weight is 1570 g/mol. The van der Waals surface area contributed by atoms with Crippen LogP contribution in [0.3, 0.4) is 0 Å². The number of aromatic nitrogens is 1. The molecule has 1 unspecified atom stereocenters. The van der Waals surface area contributed by atoms with Gasteiger partial charge in [0, 0.05) is 11.1 Å². The van der Waals surface area contributed by atoms with Crippen LogP contribution in [0.1, 0.15) is 225 Å². The molecule has 598 valence electrons. The highest BCUT2D eigenvalue weighted by Gasteiger charge is 2.43. The molecule has 0 amide bonds. The molecule has 14 bridgehead atoms. The van der Waals surface area contributed by atoms with Gasteiger partial charge in [0.2, 0.25) is 0 Å². The van der Waals surface area contributed by atoms with Crippen molar-refractivity contribution in [3.05, 3.63) is 434 Å². The van der Waals surface area contributed by atoms with E-state index in [9.17, 15) is 0 Å². The van der Waals surface area contributed by atoms with Gasteiger partial charge in [-0.3, -0.25) is 0 Å². The third kappa shape index (κ3) is 15.6. The second kappa shape index (κ2) is 31.1. The van der Waals surface area contributed by atoms with Crippen LogP contribution in [-0.2, 0) is 54.1 Å². The maximum atomic E-state index is 7.46. The van der Waals surface area contributed by atoms with Crippen LogP contribution in [0.2, 0.25) is 0 Å². The Hall–Kier alpha value is -12.3. The molecule has 3 nitrogen and oxygen atoms in total. The van der Waals surface area contributed by atoms with Gasteiger partial charge in [-0.05, 0) is 203 Å². The van der Waals surface area contributed by atoms with E-state index >= 15 is 0 Å². The molecule has 5 aliphatic carbocycles. The zero-order chi connectivity index (χ0) is 84.4. The van der Waals surface area contributed by atoms with Gasteiger partial charge in [0.25, 0.3) is 0 Å². The molecule has 0 saturated carbocycles. The number of nitrogens with zero attached hydrogens (tertiary/aromatic N) is 1. The quantitative estimate of drug-likeness (QED) is 0.0803. The maximum Gasteiger partial charge on any atom is 0.119 e. The van der Waals surface area contributed by atoms with Crippen molar-refractivity contribution in [2.24, 2.45) is 0 Å². The van der Waals surface area contributed by atoms with E-state index in [0.29, 0.717) is 11.5 Å². The van der Waals surface area contributed by atoms with E-state index in [2.05, 4.69) is 482 Å². The third-order valence-corrected chi connectivity index (χ3v) is 25.6. The summed E-state index contributed by atoms with van der Waals surface area (Å²) in [5.41, 5.74) is 25.1. The molecule has 0 N–H and O–H groups in total. The highest BCUT2D eigenvalue weighted by molar-refractivity contribution is 5.74. The highest BCUT2D eigenvalue weighted by Crippen LogP contribution is 2.51. The summed E-state index contributed by atoms with van der Waals surface area (Å²) in [5.74, 6) is 16.6. The molecular weight excluding hydrogens is 1450 g/mol. The van der Waals surface area contributed by atoms with E-state index in [-0.39, 0.29) is 45.7 Å². The Morgan fingerprint density at radius 1 is 0.208 bits per heavy atom. The van der Waals surface area contributed by atoms with Crippen LogP contribution in [0.5, 0.6) is 11.5 Å². The molecule has 0 fully saturated rings. The fraction of sp³-hybridized carbons (Fsp3) is 0.256. The van der Waals surface area contributed by atoms with Crippen LogP contribution in [0.25, 0.3) is 44.8 Å². The summed E-state index contributed by atoms with van der Waals surface area (Å²) in [7, 11) is 0. The van der Waals surface area contributed by atoms with Gasteiger partial charge in [-0.2, -0.15) is 0 Å². The molecule has 2 atom stereocenters. The van der Waals surface area contributed by atoms with Gasteiger partial charge in [-0.25, -0.2) is 4.98 Å². The molecule has 23 rings (SSSR count). The normalized spacial score (nSPS) is 15.4. The predicted octanol–water partition coefficient (Wildman–Crippen LogP) is 28.4. The van der Waals surface area contributed by atoms with Crippen LogP contribution >= 0.6 is 0 Å². The summed E-state index contributed by atoms with van der Waals surface area (Å²) in [6.45, 7) is 41.5. The maximum absolute atomic E-state index is 7.46. The first-order chi connectivity index (χ1) is 57.1. The lowest BCUT2D eigenvalue weighted by Gasteiger charge is -2.38. The van der Waals surface area contributed by atoms with Crippen LogP contribution in [0.4, 0.5) is 0 Å². The molecule has 1 aromatic heterocycles. The van der Waals surface area contributed by atoms with Crippen LogP contribution < -0.4 is 9.47 Å². The van der Waals surface area contributed by atoms with Crippen LogP contribution in [-0.4, -0.2) is 18.2 Å². The van der Waals surface area contributed by atoms with Gasteiger partial charge < -0.3 is 9.47 Å². The zero-order valence-corrected chi connectivity index (χ0v) is 73.4. The van der Waals surface area contributed by atoms with E-state index < -0.39 is 21.7 Å². The average Bonchev–Trinajstić information content (AvgIpc) is 0.759. The lowest BCUT2D eigenvalue weighted by molar-refractivity contribution is 0.274. The molecule has 14 aromatic rings. The van der Waals surface area contributed by atoms with E-state index in [1.807, 2.05) is 0 Å². The summed E-state index contributed by atoms with van der Waals surface area (Å²) in [5, 5.41) is 0. The molecule has 5 heterocycles. The van der Waals surface area contributed by atoms with Gasteiger partial charge in [0.05, 0.1) is 22.2 Å².